The van der Waals surface area contributed by atoms with Gasteiger partial charge in [0.05, 0.1) is 5.60 Å². The Morgan fingerprint density at radius 1 is 1.36 bits per heavy atom. The summed E-state index contributed by atoms with van der Waals surface area (Å²) in [6, 6.07) is 1.10. The van der Waals surface area contributed by atoms with E-state index in [1.54, 1.807) is 0 Å². The molecule has 2 saturated heterocycles. The van der Waals surface area contributed by atoms with Crippen molar-refractivity contribution in [3.63, 3.8) is 0 Å². The average Bonchev–Trinajstić information content (AvgIpc) is 2.50. The molecule has 2 N–H and O–H groups in total. The van der Waals surface area contributed by atoms with Gasteiger partial charge in [0.2, 0.25) is 0 Å². The van der Waals surface area contributed by atoms with Gasteiger partial charge >= 0.3 is 0 Å². The Bertz CT molecular complexity index is 205. The van der Waals surface area contributed by atoms with Crippen molar-refractivity contribution in [3.8, 4) is 0 Å². The fraction of sp³-hybridized carbons (Fsp3) is 1.00. The SMILES string of the molecule is CC1(C)CC(N2CC[C@H](N)C2)CCO1. The van der Waals surface area contributed by atoms with Crippen LogP contribution in [0.5, 0.6) is 0 Å². The summed E-state index contributed by atoms with van der Waals surface area (Å²) < 4.78 is 5.72. The van der Waals surface area contributed by atoms with Crippen molar-refractivity contribution >= 4 is 0 Å². The topological polar surface area (TPSA) is 38.5 Å². The number of likely N-dealkylation sites (tertiary alicyclic amines) is 1. The second-order valence-corrected chi connectivity index (χ2v) is 5.30. The van der Waals surface area contributed by atoms with E-state index < -0.39 is 0 Å². The van der Waals surface area contributed by atoms with Crippen LogP contribution < -0.4 is 5.73 Å². The van der Waals surface area contributed by atoms with Crippen molar-refractivity contribution in [2.45, 2.75) is 50.8 Å². The van der Waals surface area contributed by atoms with E-state index >= 15 is 0 Å². The zero-order valence-corrected chi connectivity index (χ0v) is 9.33. The first-order valence-electron chi connectivity index (χ1n) is 5.70. The van der Waals surface area contributed by atoms with Crippen LogP contribution in [-0.4, -0.2) is 42.3 Å². The molecule has 3 heteroatoms. The van der Waals surface area contributed by atoms with E-state index in [2.05, 4.69) is 18.7 Å². The molecule has 0 aromatic heterocycles. The Hall–Kier alpha value is -0.120. The predicted octanol–water partition coefficient (Wildman–Crippen LogP) is 0.977. The van der Waals surface area contributed by atoms with Crippen molar-refractivity contribution in [2.24, 2.45) is 5.73 Å². The van der Waals surface area contributed by atoms with Crippen LogP contribution in [0.3, 0.4) is 0 Å². The summed E-state index contributed by atoms with van der Waals surface area (Å²) in [5.74, 6) is 0. The second-order valence-electron chi connectivity index (χ2n) is 5.30. The molecule has 0 saturated carbocycles. The van der Waals surface area contributed by atoms with Crippen LogP contribution in [0.1, 0.15) is 33.1 Å². The first-order valence-corrected chi connectivity index (χ1v) is 5.70. The summed E-state index contributed by atoms with van der Waals surface area (Å²) in [4.78, 5) is 2.55. The smallest absolute Gasteiger partial charge is 0.0641 e. The van der Waals surface area contributed by atoms with Crippen LogP contribution in [0.4, 0.5) is 0 Å². The van der Waals surface area contributed by atoms with Crippen molar-refractivity contribution in [1.82, 2.24) is 4.90 Å². The lowest BCUT2D eigenvalue weighted by atomic mass is 9.93. The first kappa shape index (κ1) is 10.4. The lowest BCUT2D eigenvalue weighted by Gasteiger charge is -2.39. The van der Waals surface area contributed by atoms with E-state index in [9.17, 15) is 0 Å². The normalized spacial score (nSPS) is 38.8. The highest BCUT2D eigenvalue weighted by molar-refractivity contribution is 4.89. The molecule has 82 valence electrons. The largest absolute Gasteiger partial charge is 0.375 e. The molecule has 2 heterocycles. The Morgan fingerprint density at radius 2 is 2.14 bits per heavy atom. The van der Waals surface area contributed by atoms with Crippen LogP contribution in [0.25, 0.3) is 0 Å². The van der Waals surface area contributed by atoms with Gasteiger partial charge in [-0.3, -0.25) is 4.90 Å². The highest BCUT2D eigenvalue weighted by Gasteiger charge is 2.34. The fourth-order valence-electron chi connectivity index (χ4n) is 2.66. The van der Waals surface area contributed by atoms with Crippen LogP contribution in [0, 0.1) is 0 Å². The molecule has 2 aliphatic heterocycles. The van der Waals surface area contributed by atoms with Gasteiger partial charge in [0, 0.05) is 31.8 Å². The second kappa shape index (κ2) is 3.80. The van der Waals surface area contributed by atoms with Crippen LogP contribution in [0.2, 0.25) is 0 Å². The third-order valence-corrected chi connectivity index (χ3v) is 3.44. The maximum atomic E-state index is 5.93. The molecule has 2 atom stereocenters. The number of hydrogen-bond acceptors (Lipinski definition) is 3. The third-order valence-electron chi connectivity index (χ3n) is 3.44. The Balaban J connectivity index is 1.91. The summed E-state index contributed by atoms with van der Waals surface area (Å²) in [5, 5.41) is 0. The van der Waals surface area contributed by atoms with Gasteiger partial charge < -0.3 is 10.5 Å². The highest BCUT2D eigenvalue weighted by atomic mass is 16.5. The van der Waals surface area contributed by atoms with Crippen molar-refractivity contribution < 1.29 is 4.74 Å². The number of rotatable bonds is 1. The maximum absolute atomic E-state index is 5.93. The average molecular weight is 198 g/mol. The summed E-state index contributed by atoms with van der Waals surface area (Å²) in [7, 11) is 0. The van der Waals surface area contributed by atoms with E-state index in [-0.39, 0.29) is 5.60 Å². The molecular formula is C11H22N2O. The summed E-state index contributed by atoms with van der Waals surface area (Å²) in [6.45, 7) is 7.55. The van der Waals surface area contributed by atoms with Gasteiger partial charge in [0.25, 0.3) is 0 Å². The molecule has 1 unspecified atom stereocenters. The van der Waals surface area contributed by atoms with Crippen LogP contribution in [-0.2, 0) is 4.74 Å². The minimum Gasteiger partial charge on any atom is -0.375 e. The maximum Gasteiger partial charge on any atom is 0.0641 e. The van der Waals surface area contributed by atoms with E-state index in [4.69, 9.17) is 10.5 Å². The van der Waals surface area contributed by atoms with Crippen LogP contribution in [0.15, 0.2) is 0 Å². The summed E-state index contributed by atoms with van der Waals surface area (Å²) in [6.07, 6.45) is 3.49. The lowest BCUT2D eigenvalue weighted by Crippen LogP contribution is -2.45. The van der Waals surface area contributed by atoms with Gasteiger partial charge in [0.1, 0.15) is 0 Å². The molecule has 14 heavy (non-hydrogen) atoms. The Kier molecular flexibility index (Phi) is 2.82. The molecule has 2 rings (SSSR count). The highest BCUT2D eigenvalue weighted by Crippen LogP contribution is 2.28. The van der Waals surface area contributed by atoms with Gasteiger partial charge in [-0.15, -0.1) is 0 Å². The Morgan fingerprint density at radius 3 is 2.71 bits per heavy atom. The van der Waals surface area contributed by atoms with Gasteiger partial charge in [-0.25, -0.2) is 0 Å². The van der Waals surface area contributed by atoms with E-state index in [1.165, 1.54) is 13.0 Å². The monoisotopic (exact) mass is 198 g/mol. The minimum absolute atomic E-state index is 0.0651. The first-order chi connectivity index (χ1) is 6.57. The van der Waals surface area contributed by atoms with Crippen molar-refractivity contribution in [3.05, 3.63) is 0 Å². The van der Waals surface area contributed by atoms with E-state index in [1.807, 2.05) is 0 Å². The molecule has 0 aromatic rings. The number of hydrogen-bond donors (Lipinski definition) is 1. The molecule has 2 fully saturated rings. The standard InChI is InChI=1S/C11H22N2O/c1-11(2)7-10(4-6-14-11)13-5-3-9(12)8-13/h9-10H,3-8,12H2,1-2H3/t9-,10?/m0/s1. The molecule has 0 bridgehead atoms. The predicted molar refractivity (Wildman–Crippen MR) is 57.2 cm³/mol. The molecule has 0 spiro atoms. The zero-order chi connectivity index (χ0) is 10.2. The molecule has 0 aliphatic carbocycles. The molecule has 2 aliphatic rings. The molecule has 0 amide bonds. The number of nitrogens with two attached hydrogens (primary N) is 1. The fourth-order valence-corrected chi connectivity index (χ4v) is 2.66. The quantitative estimate of drug-likeness (QED) is 0.682. The van der Waals surface area contributed by atoms with E-state index in [0.717, 1.165) is 26.0 Å². The Labute approximate surface area is 86.6 Å². The number of nitrogens with zero attached hydrogens (tertiary/aromatic N) is 1. The minimum atomic E-state index is 0.0651. The van der Waals surface area contributed by atoms with Crippen LogP contribution >= 0.6 is 0 Å². The van der Waals surface area contributed by atoms with Gasteiger partial charge in [-0.05, 0) is 33.1 Å². The molecule has 3 nitrogen and oxygen atoms in total. The van der Waals surface area contributed by atoms with Crippen molar-refractivity contribution in [2.75, 3.05) is 19.7 Å². The zero-order valence-electron chi connectivity index (χ0n) is 9.33. The van der Waals surface area contributed by atoms with Gasteiger partial charge in [-0.2, -0.15) is 0 Å². The molecule has 0 aromatic carbocycles. The third kappa shape index (κ3) is 2.27. The summed E-state index contributed by atoms with van der Waals surface area (Å²) >= 11 is 0. The molecule has 0 radical (unpaired) electrons. The van der Waals surface area contributed by atoms with E-state index in [0.29, 0.717) is 12.1 Å². The van der Waals surface area contributed by atoms with Gasteiger partial charge in [-0.1, -0.05) is 0 Å². The number of ether oxygens (including phenoxy) is 1. The summed E-state index contributed by atoms with van der Waals surface area (Å²) in [5.41, 5.74) is 5.99. The molecular weight excluding hydrogens is 176 g/mol. The van der Waals surface area contributed by atoms with Gasteiger partial charge in [0.15, 0.2) is 0 Å². The lowest BCUT2D eigenvalue weighted by molar-refractivity contribution is -0.0803. The van der Waals surface area contributed by atoms with Crippen molar-refractivity contribution in [1.29, 1.82) is 0 Å².